The molecule has 102 valence electrons. The monoisotopic (exact) mass is 314 g/mol. The molecule has 2 aromatic rings. The summed E-state index contributed by atoms with van der Waals surface area (Å²) in [5, 5.41) is 2.19. The standard InChI is InChI=1S/C13H15ClN2OS2/c14-9-1-2-10-8(5-9)6-11(17-10)13(16-15)12-7-18-3-4-19-12/h1-2,5-6,12-13,16H,3-4,7,15H2. The number of fused-ring (bicyclic) bond motifs is 1. The predicted molar refractivity (Wildman–Crippen MR) is 84.9 cm³/mol. The van der Waals surface area contributed by atoms with Crippen LogP contribution in [0, 0.1) is 0 Å². The molecule has 1 aromatic heterocycles. The van der Waals surface area contributed by atoms with Gasteiger partial charge in [0.1, 0.15) is 11.3 Å². The van der Waals surface area contributed by atoms with Crippen LogP contribution in [-0.2, 0) is 0 Å². The Balaban J connectivity index is 1.91. The van der Waals surface area contributed by atoms with Crippen molar-refractivity contribution in [3.8, 4) is 0 Å². The van der Waals surface area contributed by atoms with Crippen LogP contribution < -0.4 is 11.3 Å². The summed E-state index contributed by atoms with van der Waals surface area (Å²) in [6.07, 6.45) is 0. The van der Waals surface area contributed by atoms with E-state index in [1.807, 2.05) is 47.8 Å². The Morgan fingerprint density at radius 2 is 2.26 bits per heavy atom. The van der Waals surface area contributed by atoms with Gasteiger partial charge in [0.15, 0.2) is 0 Å². The molecule has 1 fully saturated rings. The van der Waals surface area contributed by atoms with E-state index in [1.54, 1.807) is 0 Å². The molecular formula is C13H15ClN2OS2. The van der Waals surface area contributed by atoms with Gasteiger partial charge in [0.2, 0.25) is 0 Å². The molecule has 0 aliphatic carbocycles. The fourth-order valence-electron chi connectivity index (χ4n) is 2.26. The van der Waals surface area contributed by atoms with Crippen LogP contribution in [0.15, 0.2) is 28.7 Å². The summed E-state index contributed by atoms with van der Waals surface area (Å²) in [7, 11) is 0. The second-order valence-electron chi connectivity index (χ2n) is 4.46. The first-order valence-electron chi connectivity index (χ1n) is 6.12. The molecular weight excluding hydrogens is 300 g/mol. The highest BCUT2D eigenvalue weighted by Gasteiger charge is 2.27. The van der Waals surface area contributed by atoms with E-state index >= 15 is 0 Å². The smallest absolute Gasteiger partial charge is 0.134 e. The van der Waals surface area contributed by atoms with Gasteiger partial charge >= 0.3 is 0 Å². The summed E-state index contributed by atoms with van der Waals surface area (Å²) in [6.45, 7) is 0. The van der Waals surface area contributed by atoms with Crippen LogP contribution in [0.2, 0.25) is 5.02 Å². The molecule has 6 heteroatoms. The minimum Gasteiger partial charge on any atom is -0.459 e. The van der Waals surface area contributed by atoms with Gasteiger partial charge < -0.3 is 4.42 Å². The van der Waals surface area contributed by atoms with Gasteiger partial charge in [-0.1, -0.05) is 11.6 Å². The lowest BCUT2D eigenvalue weighted by Gasteiger charge is -2.27. The minimum absolute atomic E-state index is 0.0453. The van der Waals surface area contributed by atoms with E-state index in [-0.39, 0.29) is 6.04 Å². The molecule has 1 aromatic carbocycles. The molecule has 3 rings (SSSR count). The fourth-order valence-corrected chi connectivity index (χ4v) is 5.27. The Bertz CT molecular complexity index is 569. The molecule has 0 amide bonds. The number of hydrazine groups is 1. The SMILES string of the molecule is NNC(c1cc2cc(Cl)ccc2o1)C1CSCCS1. The lowest BCUT2D eigenvalue weighted by Crippen LogP contribution is -2.37. The van der Waals surface area contributed by atoms with Gasteiger partial charge in [-0.15, -0.1) is 0 Å². The molecule has 2 heterocycles. The Kier molecular flexibility index (Phi) is 4.29. The molecule has 0 spiro atoms. The van der Waals surface area contributed by atoms with Crippen LogP contribution in [0.5, 0.6) is 0 Å². The van der Waals surface area contributed by atoms with E-state index in [9.17, 15) is 0 Å². The molecule has 19 heavy (non-hydrogen) atoms. The zero-order chi connectivity index (χ0) is 13.2. The van der Waals surface area contributed by atoms with E-state index in [1.165, 1.54) is 11.5 Å². The number of hydrogen-bond donors (Lipinski definition) is 2. The van der Waals surface area contributed by atoms with E-state index in [2.05, 4.69) is 5.43 Å². The topological polar surface area (TPSA) is 51.2 Å². The Labute approximate surface area is 125 Å². The third-order valence-corrected chi connectivity index (χ3v) is 6.30. The summed E-state index contributed by atoms with van der Waals surface area (Å²) in [5.41, 5.74) is 3.76. The number of rotatable bonds is 3. The third-order valence-electron chi connectivity index (χ3n) is 3.20. The average molecular weight is 315 g/mol. The molecule has 0 saturated carbocycles. The molecule has 1 aliphatic rings. The summed E-state index contributed by atoms with van der Waals surface area (Å²) < 4.78 is 5.91. The van der Waals surface area contributed by atoms with Crippen molar-refractivity contribution in [2.45, 2.75) is 11.3 Å². The van der Waals surface area contributed by atoms with Crippen LogP contribution in [0.4, 0.5) is 0 Å². The maximum atomic E-state index is 6.00. The van der Waals surface area contributed by atoms with Crippen LogP contribution in [-0.4, -0.2) is 22.5 Å². The van der Waals surface area contributed by atoms with Crippen molar-refractivity contribution in [2.75, 3.05) is 17.3 Å². The fraction of sp³-hybridized carbons (Fsp3) is 0.385. The normalized spacial score (nSPS) is 21.7. The van der Waals surface area contributed by atoms with Gasteiger partial charge in [0.05, 0.1) is 6.04 Å². The van der Waals surface area contributed by atoms with Crippen molar-refractivity contribution in [1.82, 2.24) is 5.43 Å². The van der Waals surface area contributed by atoms with Crippen LogP contribution >= 0.6 is 35.1 Å². The highest BCUT2D eigenvalue weighted by atomic mass is 35.5. The predicted octanol–water partition coefficient (Wildman–Crippen LogP) is 3.44. The molecule has 2 atom stereocenters. The average Bonchev–Trinajstić information content (AvgIpc) is 2.83. The first-order valence-corrected chi connectivity index (χ1v) is 8.70. The summed E-state index contributed by atoms with van der Waals surface area (Å²) in [5.74, 6) is 10.1. The maximum Gasteiger partial charge on any atom is 0.134 e. The van der Waals surface area contributed by atoms with E-state index < -0.39 is 0 Å². The van der Waals surface area contributed by atoms with Crippen molar-refractivity contribution in [3.05, 3.63) is 35.0 Å². The first kappa shape index (κ1) is 13.6. The van der Waals surface area contributed by atoms with Crippen molar-refractivity contribution < 1.29 is 4.42 Å². The second-order valence-corrected chi connectivity index (χ2v) is 7.39. The summed E-state index contributed by atoms with van der Waals surface area (Å²) in [4.78, 5) is 0. The van der Waals surface area contributed by atoms with Crippen molar-refractivity contribution in [3.63, 3.8) is 0 Å². The van der Waals surface area contributed by atoms with Gasteiger partial charge in [0.25, 0.3) is 0 Å². The molecule has 2 unspecified atom stereocenters. The highest BCUT2D eigenvalue weighted by Crippen LogP contribution is 2.35. The van der Waals surface area contributed by atoms with Crippen LogP contribution in [0.25, 0.3) is 11.0 Å². The van der Waals surface area contributed by atoms with Gasteiger partial charge in [-0.2, -0.15) is 23.5 Å². The summed E-state index contributed by atoms with van der Waals surface area (Å²) in [6, 6.07) is 7.74. The summed E-state index contributed by atoms with van der Waals surface area (Å²) >= 11 is 9.93. The molecule has 3 N–H and O–H groups in total. The number of furan rings is 1. The number of benzene rings is 1. The molecule has 0 radical (unpaired) electrons. The van der Waals surface area contributed by atoms with E-state index in [4.69, 9.17) is 21.9 Å². The Morgan fingerprint density at radius 1 is 1.37 bits per heavy atom. The molecule has 3 nitrogen and oxygen atoms in total. The minimum atomic E-state index is 0.0453. The molecule has 1 aliphatic heterocycles. The number of hydrogen-bond acceptors (Lipinski definition) is 5. The van der Waals surface area contributed by atoms with Gasteiger partial charge in [-0.25, -0.2) is 5.43 Å². The van der Waals surface area contributed by atoms with Gasteiger partial charge in [-0.05, 0) is 24.3 Å². The molecule has 0 bridgehead atoms. The van der Waals surface area contributed by atoms with E-state index in [0.717, 1.165) is 27.5 Å². The van der Waals surface area contributed by atoms with Crippen molar-refractivity contribution in [1.29, 1.82) is 0 Å². The Hall–Kier alpha value is -0.330. The number of halogens is 1. The molecule has 1 saturated heterocycles. The first-order chi connectivity index (χ1) is 9.28. The van der Waals surface area contributed by atoms with Crippen LogP contribution in [0.1, 0.15) is 11.8 Å². The number of nitrogens with one attached hydrogen (secondary N) is 1. The number of thioether (sulfide) groups is 2. The van der Waals surface area contributed by atoms with Gasteiger partial charge in [-0.3, -0.25) is 5.84 Å². The third kappa shape index (κ3) is 2.90. The largest absolute Gasteiger partial charge is 0.459 e. The van der Waals surface area contributed by atoms with Gasteiger partial charge in [0, 0.05) is 32.9 Å². The second kappa shape index (κ2) is 5.97. The van der Waals surface area contributed by atoms with Crippen molar-refractivity contribution in [2.24, 2.45) is 5.84 Å². The lowest BCUT2D eigenvalue weighted by molar-refractivity contribution is 0.436. The Morgan fingerprint density at radius 3 is 3.00 bits per heavy atom. The zero-order valence-corrected chi connectivity index (χ0v) is 12.7. The number of nitrogens with two attached hydrogens (primary N) is 1. The van der Waals surface area contributed by atoms with Crippen molar-refractivity contribution >= 4 is 46.1 Å². The maximum absolute atomic E-state index is 6.00. The van der Waals surface area contributed by atoms with E-state index in [0.29, 0.717) is 5.25 Å². The lowest BCUT2D eigenvalue weighted by atomic mass is 10.1. The zero-order valence-electron chi connectivity index (χ0n) is 10.3. The quantitative estimate of drug-likeness (QED) is 0.671. The highest BCUT2D eigenvalue weighted by molar-refractivity contribution is 8.06. The van der Waals surface area contributed by atoms with Crippen LogP contribution in [0.3, 0.4) is 0 Å².